The number of hydrogen-bond donors (Lipinski definition) is 1. The van der Waals surface area contributed by atoms with Crippen molar-refractivity contribution >= 4 is 17.1 Å². The summed E-state index contributed by atoms with van der Waals surface area (Å²) >= 11 is 0. The number of nitrogen functional groups attached to an aromatic ring is 1. The second-order valence-electron chi connectivity index (χ2n) is 4.84. The van der Waals surface area contributed by atoms with Crippen LogP contribution in [0.2, 0.25) is 0 Å². The lowest BCUT2D eigenvalue weighted by atomic mass is 10.1. The second kappa shape index (κ2) is 5.36. The molecule has 1 heterocycles. The highest BCUT2D eigenvalue weighted by atomic mass is 16.7. The molecule has 0 radical (unpaired) electrons. The molecule has 5 heteroatoms. The predicted molar refractivity (Wildman–Crippen MR) is 84.0 cm³/mol. The van der Waals surface area contributed by atoms with Crippen LogP contribution in [-0.4, -0.2) is 19.6 Å². The maximum absolute atomic E-state index is 6.07. The van der Waals surface area contributed by atoms with Gasteiger partial charge in [-0.2, -0.15) is 5.10 Å². The fourth-order valence-electron chi connectivity index (χ4n) is 2.25. The van der Waals surface area contributed by atoms with Crippen LogP contribution in [0.4, 0.5) is 11.4 Å². The molecule has 0 unspecified atom stereocenters. The van der Waals surface area contributed by atoms with E-state index in [0.717, 1.165) is 17.0 Å². The lowest BCUT2D eigenvalue weighted by molar-refractivity contribution is 0.174. The van der Waals surface area contributed by atoms with Crippen LogP contribution in [0.25, 0.3) is 0 Å². The fourth-order valence-corrected chi connectivity index (χ4v) is 2.25. The topological polar surface area (TPSA) is 60.1 Å². The van der Waals surface area contributed by atoms with Gasteiger partial charge in [0.15, 0.2) is 11.5 Å². The molecule has 5 nitrogen and oxygen atoms in total. The molecule has 1 aliphatic heterocycles. The second-order valence-corrected chi connectivity index (χ2v) is 4.84. The smallest absolute Gasteiger partial charge is 0.231 e. The van der Waals surface area contributed by atoms with Gasteiger partial charge in [-0.05, 0) is 25.1 Å². The highest BCUT2D eigenvalue weighted by molar-refractivity contribution is 6.04. The van der Waals surface area contributed by atoms with E-state index in [2.05, 4.69) is 5.10 Å². The third kappa shape index (κ3) is 2.63. The number of nitrogens with two attached hydrogens (primary N) is 1. The monoisotopic (exact) mass is 283 g/mol. The molecule has 0 spiro atoms. The minimum Gasteiger partial charge on any atom is -0.454 e. The van der Waals surface area contributed by atoms with E-state index < -0.39 is 0 Å². The van der Waals surface area contributed by atoms with Gasteiger partial charge in [-0.1, -0.05) is 18.2 Å². The van der Waals surface area contributed by atoms with Crippen molar-refractivity contribution < 1.29 is 9.47 Å². The molecule has 108 valence electrons. The first-order chi connectivity index (χ1) is 10.1. The number of nitrogens with zero attached hydrogens (tertiary/aromatic N) is 2. The summed E-state index contributed by atoms with van der Waals surface area (Å²) < 4.78 is 10.7. The van der Waals surface area contributed by atoms with E-state index >= 15 is 0 Å². The Labute approximate surface area is 123 Å². The molecule has 0 atom stereocenters. The van der Waals surface area contributed by atoms with Crippen molar-refractivity contribution in [3.05, 3.63) is 48.0 Å². The van der Waals surface area contributed by atoms with Gasteiger partial charge < -0.3 is 15.2 Å². The SMILES string of the molecule is C/C(=N\N(C)c1ccccc1)c1cc2c(cc1N)OCO2. The molecule has 0 fully saturated rings. The number of benzene rings is 2. The van der Waals surface area contributed by atoms with E-state index in [-0.39, 0.29) is 6.79 Å². The molecule has 0 saturated carbocycles. The predicted octanol–water partition coefficient (Wildman–Crippen LogP) is 2.86. The van der Waals surface area contributed by atoms with E-state index in [1.165, 1.54) is 0 Å². The molecule has 3 rings (SSSR count). The normalized spacial score (nSPS) is 13.3. The van der Waals surface area contributed by atoms with Crippen LogP contribution >= 0.6 is 0 Å². The van der Waals surface area contributed by atoms with Crippen LogP contribution in [0, 0.1) is 0 Å². The van der Waals surface area contributed by atoms with Crippen molar-refractivity contribution in [3.8, 4) is 11.5 Å². The summed E-state index contributed by atoms with van der Waals surface area (Å²) in [6.45, 7) is 2.16. The first-order valence-electron chi connectivity index (χ1n) is 6.68. The molecule has 0 bridgehead atoms. The molecule has 2 N–H and O–H groups in total. The molecule has 2 aromatic carbocycles. The highest BCUT2D eigenvalue weighted by Gasteiger charge is 2.17. The average molecular weight is 283 g/mol. The van der Waals surface area contributed by atoms with Gasteiger partial charge in [-0.15, -0.1) is 0 Å². The molecule has 21 heavy (non-hydrogen) atoms. The van der Waals surface area contributed by atoms with Crippen molar-refractivity contribution in [1.82, 2.24) is 0 Å². The lowest BCUT2D eigenvalue weighted by Gasteiger charge is -2.15. The van der Waals surface area contributed by atoms with E-state index in [1.54, 1.807) is 6.07 Å². The van der Waals surface area contributed by atoms with Crippen LogP contribution < -0.4 is 20.2 Å². The summed E-state index contributed by atoms with van der Waals surface area (Å²) in [4.78, 5) is 0. The minimum absolute atomic E-state index is 0.234. The van der Waals surface area contributed by atoms with Gasteiger partial charge in [-0.3, -0.25) is 5.01 Å². The lowest BCUT2D eigenvalue weighted by Crippen LogP contribution is -2.13. The third-order valence-electron chi connectivity index (χ3n) is 3.36. The minimum atomic E-state index is 0.234. The average Bonchev–Trinajstić information content (AvgIpc) is 2.94. The number of ether oxygens (including phenoxy) is 2. The van der Waals surface area contributed by atoms with Crippen molar-refractivity contribution in [2.45, 2.75) is 6.92 Å². The van der Waals surface area contributed by atoms with Crippen molar-refractivity contribution in [2.24, 2.45) is 5.10 Å². The number of rotatable bonds is 3. The van der Waals surface area contributed by atoms with Gasteiger partial charge in [-0.25, -0.2) is 0 Å². The van der Waals surface area contributed by atoms with E-state index in [1.807, 2.05) is 55.4 Å². The quantitative estimate of drug-likeness (QED) is 0.534. The summed E-state index contributed by atoms with van der Waals surface area (Å²) in [7, 11) is 1.90. The molecule has 1 aliphatic rings. The maximum Gasteiger partial charge on any atom is 0.231 e. The fraction of sp³-hybridized carbons (Fsp3) is 0.188. The number of hydrogen-bond acceptors (Lipinski definition) is 5. The van der Waals surface area contributed by atoms with Crippen LogP contribution in [0.5, 0.6) is 11.5 Å². The standard InChI is InChI=1S/C16H17N3O2/c1-11(18-19(2)12-6-4-3-5-7-12)13-8-15-16(9-14(13)17)21-10-20-15/h3-9H,10,17H2,1-2H3/b18-11+. The van der Waals surface area contributed by atoms with Gasteiger partial charge in [0.05, 0.1) is 11.4 Å². The number of anilines is 2. The van der Waals surface area contributed by atoms with E-state index in [0.29, 0.717) is 17.2 Å². The van der Waals surface area contributed by atoms with E-state index in [9.17, 15) is 0 Å². The van der Waals surface area contributed by atoms with Gasteiger partial charge in [0.1, 0.15) is 0 Å². The summed E-state index contributed by atoms with van der Waals surface area (Å²) in [6.07, 6.45) is 0. The molecule has 2 aromatic rings. The van der Waals surface area contributed by atoms with Crippen molar-refractivity contribution in [2.75, 3.05) is 24.6 Å². The largest absolute Gasteiger partial charge is 0.454 e. The molecule has 0 amide bonds. The Bertz CT molecular complexity index is 683. The zero-order valence-electron chi connectivity index (χ0n) is 12.0. The van der Waals surface area contributed by atoms with Crippen molar-refractivity contribution in [3.63, 3.8) is 0 Å². The van der Waals surface area contributed by atoms with Crippen LogP contribution in [-0.2, 0) is 0 Å². The first-order valence-corrected chi connectivity index (χ1v) is 6.68. The number of fused-ring (bicyclic) bond motifs is 1. The maximum atomic E-state index is 6.07. The zero-order chi connectivity index (χ0) is 14.8. The number of hydrazone groups is 1. The zero-order valence-corrected chi connectivity index (χ0v) is 12.0. The van der Waals surface area contributed by atoms with Gasteiger partial charge in [0.25, 0.3) is 0 Å². The van der Waals surface area contributed by atoms with Gasteiger partial charge in [0, 0.05) is 24.4 Å². The summed E-state index contributed by atoms with van der Waals surface area (Å²) in [5.74, 6) is 1.39. The third-order valence-corrected chi connectivity index (χ3v) is 3.36. The molecular formula is C16H17N3O2. The van der Waals surface area contributed by atoms with Gasteiger partial charge >= 0.3 is 0 Å². The molecule has 0 saturated heterocycles. The summed E-state index contributed by atoms with van der Waals surface area (Å²) in [5, 5.41) is 6.40. The Hall–Kier alpha value is -2.69. The Morgan fingerprint density at radius 3 is 2.52 bits per heavy atom. The molecule has 0 aliphatic carbocycles. The van der Waals surface area contributed by atoms with Crippen molar-refractivity contribution in [1.29, 1.82) is 0 Å². The van der Waals surface area contributed by atoms with Crippen LogP contribution in [0.1, 0.15) is 12.5 Å². The highest BCUT2D eigenvalue weighted by Crippen LogP contribution is 2.36. The van der Waals surface area contributed by atoms with E-state index in [4.69, 9.17) is 15.2 Å². The molecule has 0 aromatic heterocycles. The Morgan fingerprint density at radius 2 is 1.81 bits per heavy atom. The Balaban J connectivity index is 1.91. The number of para-hydroxylation sites is 1. The summed E-state index contributed by atoms with van der Waals surface area (Å²) in [6, 6.07) is 13.6. The Kier molecular flexibility index (Phi) is 3.39. The van der Waals surface area contributed by atoms with Gasteiger partial charge in [0.2, 0.25) is 6.79 Å². The van der Waals surface area contributed by atoms with Crippen LogP contribution in [0.15, 0.2) is 47.6 Å². The summed E-state index contributed by atoms with van der Waals surface area (Å²) in [5.41, 5.74) is 9.38. The first kappa shape index (κ1) is 13.3. The Morgan fingerprint density at radius 1 is 1.14 bits per heavy atom. The van der Waals surface area contributed by atoms with Crippen LogP contribution in [0.3, 0.4) is 0 Å². The molecular weight excluding hydrogens is 266 g/mol.